The lowest BCUT2D eigenvalue weighted by molar-refractivity contribution is 0.597. The maximum absolute atomic E-state index is 6.31. The summed E-state index contributed by atoms with van der Waals surface area (Å²) in [4.78, 5) is 9.22. The van der Waals surface area contributed by atoms with Gasteiger partial charge in [-0.15, -0.1) is 0 Å². The maximum atomic E-state index is 6.31. The van der Waals surface area contributed by atoms with Crippen LogP contribution in [-0.4, -0.2) is 0 Å². The van der Waals surface area contributed by atoms with E-state index < -0.39 is 0 Å². The standard InChI is InChI=1S/C92H66N4O2/c1-7-19-73(20-8-1)89-63-65-91(97-89)75-43-59-87(60-44-75)95(79-27-15-5-16-28-79)85-55-39-71(40-56-85)69-35-51-83(52-36-69)93(77-23-11-3-12-24-77)81-47-31-67(32-48-81)68-33-49-82(50-34-68)94(78-25-13-4-14-26-78)84-53-37-70(38-54-84)72-41-57-86(58-42-72)96(80-29-17-6-18-30-80)88-61-45-76(46-62-88)92-66-64-90(98-92)74-21-9-2-10-22-74/h1-66H. The first-order valence-corrected chi connectivity index (χ1v) is 33.1. The molecule has 16 rings (SSSR count). The number of nitrogens with zero attached hydrogens (tertiary/aromatic N) is 4. The highest BCUT2D eigenvalue weighted by molar-refractivity contribution is 5.86. The van der Waals surface area contributed by atoms with Crippen molar-refractivity contribution in [3.63, 3.8) is 0 Å². The molecule has 14 aromatic carbocycles. The molecule has 0 unspecified atom stereocenters. The van der Waals surface area contributed by atoms with Gasteiger partial charge in [-0.3, -0.25) is 0 Å². The summed E-state index contributed by atoms with van der Waals surface area (Å²) in [5.74, 6) is 3.38. The summed E-state index contributed by atoms with van der Waals surface area (Å²) in [5, 5.41) is 0. The van der Waals surface area contributed by atoms with Crippen LogP contribution in [0.2, 0.25) is 0 Å². The molecule has 0 saturated heterocycles. The minimum atomic E-state index is 0.836. The molecule has 6 nitrogen and oxygen atoms in total. The highest BCUT2D eigenvalue weighted by Gasteiger charge is 2.20. The van der Waals surface area contributed by atoms with Crippen LogP contribution in [0.15, 0.2) is 409 Å². The predicted molar refractivity (Wildman–Crippen MR) is 408 cm³/mol. The van der Waals surface area contributed by atoms with Gasteiger partial charge in [-0.2, -0.15) is 0 Å². The second-order valence-electron chi connectivity index (χ2n) is 24.1. The Kier molecular flexibility index (Phi) is 16.7. The summed E-state index contributed by atoms with van der Waals surface area (Å²) in [6.07, 6.45) is 0. The van der Waals surface area contributed by atoms with Gasteiger partial charge in [0.15, 0.2) is 0 Å². The Morgan fingerprint density at radius 3 is 0.418 bits per heavy atom. The van der Waals surface area contributed by atoms with Crippen molar-refractivity contribution in [3.8, 4) is 78.7 Å². The van der Waals surface area contributed by atoms with Crippen LogP contribution in [0.5, 0.6) is 0 Å². The number of anilines is 12. The molecule has 6 heteroatoms. The Labute approximate surface area is 572 Å². The lowest BCUT2D eigenvalue weighted by Crippen LogP contribution is -2.10. The zero-order valence-corrected chi connectivity index (χ0v) is 53.7. The fraction of sp³-hybridized carbons (Fsp3) is 0. The minimum Gasteiger partial charge on any atom is -0.456 e. The fourth-order valence-electron chi connectivity index (χ4n) is 13.0. The van der Waals surface area contributed by atoms with E-state index in [2.05, 4.69) is 359 Å². The zero-order valence-electron chi connectivity index (χ0n) is 53.7. The van der Waals surface area contributed by atoms with Crippen LogP contribution < -0.4 is 19.6 Å². The predicted octanol–water partition coefficient (Wildman–Crippen LogP) is 26.4. The van der Waals surface area contributed by atoms with Crippen molar-refractivity contribution in [1.29, 1.82) is 0 Å². The average Bonchev–Trinajstić information content (AvgIpc) is 1.01. The van der Waals surface area contributed by atoms with Gasteiger partial charge in [0, 0.05) is 90.5 Å². The van der Waals surface area contributed by atoms with Crippen molar-refractivity contribution in [2.75, 3.05) is 19.6 Å². The topological polar surface area (TPSA) is 39.2 Å². The van der Waals surface area contributed by atoms with Crippen LogP contribution in [0.3, 0.4) is 0 Å². The molecule has 0 aliphatic heterocycles. The van der Waals surface area contributed by atoms with Gasteiger partial charge in [0.05, 0.1) is 0 Å². The molecule has 0 bridgehead atoms. The summed E-state index contributed by atoms with van der Waals surface area (Å²) in [5.41, 5.74) is 23.8. The Bertz CT molecular complexity index is 4890. The second-order valence-corrected chi connectivity index (χ2v) is 24.1. The fourth-order valence-corrected chi connectivity index (χ4v) is 13.0. The van der Waals surface area contributed by atoms with E-state index in [9.17, 15) is 0 Å². The lowest BCUT2D eigenvalue weighted by Gasteiger charge is -2.27. The number of benzene rings is 14. The monoisotopic (exact) mass is 1260 g/mol. The molecule has 0 amide bonds. The van der Waals surface area contributed by atoms with Crippen LogP contribution in [0.25, 0.3) is 78.7 Å². The van der Waals surface area contributed by atoms with Crippen molar-refractivity contribution in [2.24, 2.45) is 0 Å². The molecule has 0 N–H and O–H groups in total. The molecular formula is C92H66N4O2. The van der Waals surface area contributed by atoms with Crippen molar-refractivity contribution >= 4 is 68.2 Å². The van der Waals surface area contributed by atoms with Gasteiger partial charge in [0.2, 0.25) is 0 Å². The molecule has 0 atom stereocenters. The van der Waals surface area contributed by atoms with E-state index in [-0.39, 0.29) is 0 Å². The molecule has 0 radical (unpaired) electrons. The zero-order chi connectivity index (χ0) is 65.4. The summed E-state index contributed by atoms with van der Waals surface area (Å²) in [6, 6.07) is 141. The molecule has 2 heterocycles. The third-order valence-corrected chi connectivity index (χ3v) is 18.0. The third kappa shape index (κ3) is 12.7. The van der Waals surface area contributed by atoms with Gasteiger partial charge in [-0.1, -0.05) is 206 Å². The average molecular weight is 1260 g/mol. The van der Waals surface area contributed by atoms with Crippen LogP contribution in [-0.2, 0) is 0 Å². The van der Waals surface area contributed by atoms with E-state index >= 15 is 0 Å². The molecule has 0 fully saturated rings. The smallest absolute Gasteiger partial charge is 0.134 e. The van der Waals surface area contributed by atoms with Gasteiger partial charge in [0.25, 0.3) is 0 Å². The van der Waals surface area contributed by atoms with Gasteiger partial charge >= 0.3 is 0 Å². The largest absolute Gasteiger partial charge is 0.456 e. The van der Waals surface area contributed by atoms with E-state index in [1.807, 2.05) is 60.7 Å². The first-order chi connectivity index (χ1) is 48.6. The first kappa shape index (κ1) is 59.8. The molecule has 98 heavy (non-hydrogen) atoms. The number of hydrogen-bond donors (Lipinski definition) is 0. The summed E-state index contributed by atoms with van der Waals surface area (Å²) in [7, 11) is 0. The normalized spacial score (nSPS) is 11.1. The SMILES string of the molecule is c1ccc(-c2ccc(-c3ccc(N(c4ccccc4)c4ccc(-c5ccc(N(c6ccccc6)c6ccc(-c7ccc(N(c8ccccc8)c8ccc(-c9ccc(N(c%10ccccc%10)c%10ccc(-c%11ccc(-c%12ccccc%12)o%11)cc%10)cc9)cc8)cc7)cc6)cc5)cc4)cc3)o2)cc1. The second kappa shape index (κ2) is 27.4. The van der Waals surface area contributed by atoms with Crippen LogP contribution >= 0.6 is 0 Å². The molecule has 0 spiro atoms. The van der Waals surface area contributed by atoms with Crippen molar-refractivity contribution in [3.05, 3.63) is 400 Å². The number of para-hydroxylation sites is 4. The highest BCUT2D eigenvalue weighted by Crippen LogP contribution is 2.43. The van der Waals surface area contributed by atoms with Crippen LogP contribution in [0.4, 0.5) is 68.2 Å². The van der Waals surface area contributed by atoms with Crippen LogP contribution in [0.1, 0.15) is 0 Å². The number of hydrogen-bond acceptors (Lipinski definition) is 6. The molecule has 466 valence electrons. The molecular weight excluding hydrogens is 1190 g/mol. The Morgan fingerprint density at radius 1 is 0.112 bits per heavy atom. The number of rotatable bonds is 19. The van der Waals surface area contributed by atoms with Gasteiger partial charge < -0.3 is 28.4 Å². The van der Waals surface area contributed by atoms with E-state index in [1.54, 1.807) is 0 Å². The molecule has 0 aliphatic rings. The Morgan fingerprint density at radius 2 is 0.245 bits per heavy atom. The van der Waals surface area contributed by atoms with E-state index in [4.69, 9.17) is 8.83 Å². The van der Waals surface area contributed by atoms with Gasteiger partial charge in [-0.05, 0) is 228 Å². The quantitative estimate of drug-likeness (QED) is 0.0803. The number of furan rings is 2. The minimum absolute atomic E-state index is 0.836. The third-order valence-electron chi connectivity index (χ3n) is 18.0. The van der Waals surface area contributed by atoms with E-state index in [0.717, 1.165) is 147 Å². The van der Waals surface area contributed by atoms with E-state index in [0.29, 0.717) is 0 Å². The van der Waals surface area contributed by atoms with Crippen molar-refractivity contribution < 1.29 is 8.83 Å². The molecule has 0 aliphatic carbocycles. The Hall–Kier alpha value is -13.2. The maximum Gasteiger partial charge on any atom is 0.134 e. The summed E-state index contributed by atoms with van der Waals surface area (Å²) >= 11 is 0. The lowest BCUT2D eigenvalue weighted by atomic mass is 10.0. The molecule has 2 aromatic heterocycles. The summed E-state index contributed by atoms with van der Waals surface area (Å²) in [6.45, 7) is 0. The van der Waals surface area contributed by atoms with Gasteiger partial charge in [-0.25, -0.2) is 0 Å². The first-order valence-electron chi connectivity index (χ1n) is 33.1. The van der Waals surface area contributed by atoms with Crippen molar-refractivity contribution in [2.45, 2.75) is 0 Å². The van der Waals surface area contributed by atoms with Crippen molar-refractivity contribution in [1.82, 2.24) is 0 Å². The molecule has 0 saturated carbocycles. The summed E-state index contributed by atoms with van der Waals surface area (Å²) < 4.78 is 12.6. The highest BCUT2D eigenvalue weighted by atomic mass is 16.3. The van der Waals surface area contributed by atoms with Crippen LogP contribution in [0, 0.1) is 0 Å². The van der Waals surface area contributed by atoms with Gasteiger partial charge in [0.1, 0.15) is 23.0 Å². The Balaban J connectivity index is 0.610. The molecule has 16 aromatic rings. The van der Waals surface area contributed by atoms with E-state index in [1.165, 1.54) is 0 Å².